The molecular formula is C25H37N5O2. The van der Waals surface area contributed by atoms with Gasteiger partial charge >= 0.3 is 0 Å². The van der Waals surface area contributed by atoms with Crippen molar-refractivity contribution in [2.75, 3.05) is 44.7 Å². The molecule has 1 aromatic carbocycles. The van der Waals surface area contributed by atoms with Crippen LogP contribution in [0.25, 0.3) is 0 Å². The van der Waals surface area contributed by atoms with Crippen molar-refractivity contribution in [1.82, 2.24) is 9.80 Å². The van der Waals surface area contributed by atoms with Gasteiger partial charge in [0.25, 0.3) is 0 Å². The molecule has 0 unspecified atom stereocenters. The lowest BCUT2D eigenvalue weighted by molar-refractivity contribution is -0.146. The largest absolute Gasteiger partial charge is 0.381 e. The fourth-order valence-electron chi connectivity index (χ4n) is 6.45. The Kier molecular flexibility index (Phi) is 5.78. The Labute approximate surface area is 191 Å². The summed E-state index contributed by atoms with van der Waals surface area (Å²) in [5.74, 6) is 0.708. The molecular weight excluding hydrogens is 402 g/mol. The first-order valence-electron chi connectivity index (χ1n) is 12.2. The normalized spacial score (nSPS) is 23.7. The SMILES string of the molecule is COC1CCN(c2cccc3c2CCN(C(=O)C2CC4(CCN(C(=N)N)CC4)C2)C3)CC1. The Hall–Kier alpha value is -2.28. The number of likely N-dealkylation sites (tertiary alicyclic amines) is 1. The fraction of sp³-hybridized carbons (Fsp3) is 0.680. The lowest BCUT2D eigenvalue weighted by Crippen LogP contribution is -2.53. The molecule has 0 aromatic heterocycles. The third kappa shape index (κ3) is 3.96. The highest BCUT2D eigenvalue weighted by Gasteiger charge is 2.49. The van der Waals surface area contributed by atoms with Crippen LogP contribution in [-0.2, 0) is 22.5 Å². The molecule has 3 N–H and O–H groups in total. The number of carbonyl (C=O) groups excluding carboxylic acids is 1. The van der Waals surface area contributed by atoms with Gasteiger partial charge in [-0.1, -0.05) is 12.1 Å². The summed E-state index contributed by atoms with van der Waals surface area (Å²) in [5, 5.41) is 7.63. The number of methoxy groups -OCH3 is 1. The quantitative estimate of drug-likeness (QED) is 0.558. The molecule has 1 aliphatic carbocycles. The molecule has 5 rings (SSSR count). The topological polar surface area (TPSA) is 85.9 Å². The van der Waals surface area contributed by atoms with Crippen LogP contribution in [-0.4, -0.2) is 67.6 Å². The number of nitrogens with one attached hydrogen (secondary N) is 1. The first-order valence-corrected chi connectivity index (χ1v) is 12.2. The van der Waals surface area contributed by atoms with Gasteiger partial charge in [0.2, 0.25) is 5.91 Å². The van der Waals surface area contributed by atoms with Crippen molar-refractivity contribution in [1.29, 1.82) is 5.41 Å². The molecule has 3 heterocycles. The van der Waals surface area contributed by atoms with Crippen molar-refractivity contribution in [3.8, 4) is 0 Å². The predicted octanol–water partition coefficient (Wildman–Crippen LogP) is 2.57. The zero-order valence-electron chi connectivity index (χ0n) is 19.3. The average Bonchev–Trinajstić information content (AvgIpc) is 2.81. The van der Waals surface area contributed by atoms with E-state index in [1.807, 2.05) is 12.0 Å². The van der Waals surface area contributed by atoms with Crippen molar-refractivity contribution in [2.24, 2.45) is 17.1 Å². The van der Waals surface area contributed by atoms with E-state index in [1.165, 1.54) is 16.8 Å². The number of nitrogens with zero attached hydrogens (tertiary/aromatic N) is 3. The number of carbonyl (C=O) groups is 1. The molecule has 0 radical (unpaired) electrons. The van der Waals surface area contributed by atoms with Crippen LogP contribution in [0.5, 0.6) is 0 Å². The zero-order valence-corrected chi connectivity index (χ0v) is 19.3. The molecule has 3 fully saturated rings. The Morgan fingerprint density at radius 3 is 2.47 bits per heavy atom. The second kappa shape index (κ2) is 8.58. The molecule has 7 nitrogen and oxygen atoms in total. The number of hydrogen-bond acceptors (Lipinski definition) is 4. The molecule has 174 valence electrons. The van der Waals surface area contributed by atoms with Gasteiger partial charge in [0.15, 0.2) is 5.96 Å². The summed E-state index contributed by atoms with van der Waals surface area (Å²) in [6.07, 6.45) is 7.64. The maximum atomic E-state index is 13.3. The van der Waals surface area contributed by atoms with Crippen LogP contribution in [0, 0.1) is 16.7 Å². The number of hydrogen-bond donors (Lipinski definition) is 2. The summed E-state index contributed by atoms with van der Waals surface area (Å²) in [5.41, 5.74) is 10.1. The summed E-state index contributed by atoms with van der Waals surface area (Å²) >= 11 is 0. The highest BCUT2D eigenvalue weighted by atomic mass is 16.5. The Morgan fingerprint density at radius 1 is 1.09 bits per heavy atom. The van der Waals surface area contributed by atoms with E-state index < -0.39 is 0 Å². The molecule has 1 amide bonds. The van der Waals surface area contributed by atoms with Crippen LogP contribution in [0.1, 0.15) is 49.7 Å². The number of piperidine rings is 2. The predicted molar refractivity (Wildman–Crippen MR) is 126 cm³/mol. The molecule has 3 aliphatic heterocycles. The van der Waals surface area contributed by atoms with Gasteiger partial charge in [-0.15, -0.1) is 0 Å². The van der Waals surface area contributed by atoms with Crippen molar-refractivity contribution < 1.29 is 9.53 Å². The maximum absolute atomic E-state index is 13.3. The van der Waals surface area contributed by atoms with E-state index in [-0.39, 0.29) is 11.9 Å². The Morgan fingerprint density at radius 2 is 1.81 bits per heavy atom. The van der Waals surface area contributed by atoms with Crippen molar-refractivity contribution in [3.05, 3.63) is 29.3 Å². The molecule has 32 heavy (non-hydrogen) atoms. The molecule has 1 aromatic rings. The second-order valence-electron chi connectivity index (χ2n) is 10.3. The van der Waals surface area contributed by atoms with Gasteiger partial charge < -0.3 is 25.2 Å². The van der Waals surface area contributed by atoms with Gasteiger partial charge in [-0.25, -0.2) is 0 Å². The Bertz CT molecular complexity index is 863. The van der Waals surface area contributed by atoms with Crippen LogP contribution in [0.15, 0.2) is 18.2 Å². The minimum atomic E-state index is 0.177. The molecule has 4 aliphatic rings. The Balaban J connectivity index is 1.19. The van der Waals surface area contributed by atoms with Crippen LogP contribution in [0.2, 0.25) is 0 Å². The third-order valence-corrected chi connectivity index (χ3v) is 8.54. The summed E-state index contributed by atoms with van der Waals surface area (Å²) in [4.78, 5) is 19.8. The standard InChI is InChI=1S/C25H37N5O2/c1-32-20-5-10-28(11-6-20)22-4-2-3-18-17-30(12-7-21(18)22)23(31)19-15-25(16-19)8-13-29(14-9-25)24(26)27/h2-4,19-20H,5-17H2,1H3,(H3,26,27). The first-order chi connectivity index (χ1) is 15.5. The monoisotopic (exact) mass is 439 g/mol. The lowest BCUT2D eigenvalue weighted by atomic mass is 9.57. The minimum Gasteiger partial charge on any atom is -0.381 e. The summed E-state index contributed by atoms with van der Waals surface area (Å²) in [7, 11) is 1.81. The van der Waals surface area contributed by atoms with Gasteiger partial charge in [-0.05, 0) is 67.6 Å². The summed E-state index contributed by atoms with van der Waals surface area (Å²) < 4.78 is 5.54. The molecule has 7 heteroatoms. The average molecular weight is 440 g/mol. The molecule has 0 atom stereocenters. The van der Waals surface area contributed by atoms with E-state index in [2.05, 4.69) is 28.0 Å². The van der Waals surface area contributed by atoms with Gasteiger partial charge in [0.1, 0.15) is 0 Å². The van der Waals surface area contributed by atoms with Gasteiger partial charge in [-0.3, -0.25) is 10.2 Å². The van der Waals surface area contributed by atoms with Gasteiger partial charge in [0.05, 0.1) is 6.10 Å². The smallest absolute Gasteiger partial charge is 0.226 e. The van der Waals surface area contributed by atoms with E-state index in [9.17, 15) is 4.79 Å². The number of ether oxygens (including phenoxy) is 1. The molecule has 2 saturated heterocycles. The minimum absolute atomic E-state index is 0.177. The van der Waals surface area contributed by atoms with Crippen LogP contribution in [0.3, 0.4) is 0 Å². The van der Waals surface area contributed by atoms with Crippen molar-refractivity contribution >= 4 is 17.6 Å². The van der Waals surface area contributed by atoms with Gasteiger partial charge in [-0.2, -0.15) is 0 Å². The van der Waals surface area contributed by atoms with E-state index in [4.69, 9.17) is 15.9 Å². The lowest BCUT2D eigenvalue weighted by Gasteiger charge is -2.52. The van der Waals surface area contributed by atoms with Crippen LogP contribution >= 0.6 is 0 Å². The maximum Gasteiger partial charge on any atom is 0.226 e. The van der Waals surface area contributed by atoms with E-state index in [1.54, 1.807) is 0 Å². The zero-order chi connectivity index (χ0) is 22.3. The highest BCUT2D eigenvalue weighted by Crippen LogP contribution is 2.53. The van der Waals surface area contributed by atoms with Gasteiger partial charge in [0, 0.05) is 58.0 Å². The number of anilines is 1. The second-order valence-corrected chi connectivity index (χ2v) is 10.3. The molecule has 0 bridgehead atoms. The van der Waals surface area contributed by atoms with E-state index >= 15 is 0 Å². The number of amides is 1. The third-order valence-electron chi connectivity index (χ3n) is 8.54. The van der Waals surface area contributed by atoms with E-state index in [0.717, 1.165) is 84.2 Å². The first kappa shape index (κ1) is 21.6. The fourth-order valence-corrected chi connectivity index (χ4v) is 6.45. The van der Waals surface area contributed by atoms with Crippen LogP contribution < -0.4 is 10.6 Å². The molecule has 1 saturated carbocycles. The van der Waals surface area contributed by atoms with Crippen molar-refractivity contribution in [3.63, 3.8) is 0 Å². The number of nitrogens with two attached hydrogens (primary N) is 1. The number of rotatable bonds is 3. The summed E-state index contributed by atoms with van der Waals surface area (Å²) in [6.45, 7) is 5.39. The van der Waals surface area contributed by atoms with E-state index in [0.29, 0.717) is 17.4 Å². The highest BCUT2D eigenvalue weighted by molar-refractivity contribution is 5.80. The number of benzene rings is 1. The summed E-state index contributed by atoms with van der Waals surface area (Å²) in [6, 6.07) is 6.62. The molecule has 1 spiro atoms. The van der Waals surface area contributed by atoms with Crippen molar-refractivity contribution in [2.45, 2.75) is 57.6 Å². The number of fused-ring (bicyclic) bond motifs is 1. The number of guanidine groups is 1. The van der Waals surface area contributed by atoms with Crippen LogP contribution in [0.4, 0.5) is 5.69 Å².